The van der Waals surface area contributed by atoms with E-state index in [2.05, 4.69) is 15.9 Å². The molecule has 2 aliphatic rings. The molecule has 2 unspecified atom stereocenters. The first-order valence-corrected chi connectivity index (χ1v) is 7.02. The van der Waals surface area contributed by atoms with Crippen molar-refractivity contribution in [3.63, 3.8) is 0 Å². The topological polar surface area (TPSA) is 55.8 Å². The molecule has 0 bridgehead atoms. The summed E-state index contributed by atoms with van der Waals surface area (Å²) in [4.78, 5) is 11.1. The average molecular weight is 327 g/mol. The Labute approximate surface area is 119 Å². The van der Waals surface area contributed by atoms with Crippen molar-refractivity contribution in [2.75, 3.05) is 20.3 Å². The van der Waals surface area contributed by atoms with Gasteiger partial charge in [-0.05, 0) is 30.5 Å². The molecular weight excluding hydrogens is 312 g/mol. The summed E-state index contributed by atoms with van der Waals surface area (Å²) in [6.07, 6.45) is 0.731. The Kier molecular flexibility index (Phi) is 3.06. The number of hydrogen-bond acceptors (Lipinski definition) is 3. The number of carboxylic acids is 1. The monoisotopic (exact) mass is 326 g/mol. The molecule has 0 amide bonds. The van der Waals surface area contributed by atoms with E-state index in [0.717, 1.165) is 22.2 Å². The molecular formula is C14H15BrO4. The van der Waals surface area contributed by atoms with Crippen molar-refractivity contribution in [3.8, 4) is 5.75 Å². The molecule has 4 nitrogen and oxygen atoms in total. The maximum atomic E-state index is 11.1. The van der Waals surface area contributed by atoms with Crippen LogP contribution < -0.4 is 4.74 Å². The summed E-state index contributed by atoms with van der Waals surface area (Å²) in [5, 5.41) is 9.15. The lowest BCUT2D eigenvalue weighted by Crippen LogP contribution is -2.49. The Balaban J connectivity index is 1.99. The van der Waals surface area contributed by atoms with Gasteiger partial charge in [-0.25, -0.2) is 0 Å². The van der Waals surface area contributed by atoms with Gasteiger partial charge in [0, 0.05) is 15.5 Å². The van der Waals surface area contributed by atoms with Crippen molar-refractivity contribution in [1.82, 2.24) is 0 Å². The Hall–Kier alpha value is -1.07. The van der Waals surface area contributed by atoms with Crippen molar-refractivity contribution >= 4 is 21.9 Å². The lowest BCUT2D eigenvalue weighted by Gasteiger charge is -2.43. The summed E-state index contributed by atoms with van der Waals surface area (Å²) in [5.74, 6) is 0.0160. The van der Waals surface area contributed by atoms with E-state index >= 15 is 0 Å². The van der Waals surface area contributed by atoms with Gasteiger partial charge in [-0.1, -0.05) is 15.9 Å². The highest BCUT2D eigenvalue weighted by molar-refractivity contribution is 9.10. The molecule has 1 aliphatic heterocycles. The molecule has 1 aliphatic carbocycles. The number of carboxylic acid groups (broad SMARTS) is 1. The van der Waals surface area contributed by atoms with Crippen LogP contribution in [0, 0.1) is 11.8 Å². The molecule has 19 heavy (non-hydrogen) atoms. The summed E-state index contributed by atoms with van der Waals surface area (Å²) in [7, 11) is 1.64. The normalized spacial score (nSPS) is 27.5. The number of carbonyl (C=O) groups is 1. The minimum absolute atomic E-state index is 0.155. The zero-order valence-electron chi connectivity index (χ0n) is 10.6. The van der Waals surface area contributed by atoms with Crippen molar-refractivity contribution in [2.45, 2.75) is 11.8 Å². The first-order chi connectivity index (χ1) is 9.08. The van der Waals surface area contributed by atoms with Gasteiger partial charge in [0.15, 0.2) is 0 Å². The largest absolute Gasteiger partial charge is 0.496 e. The lowest BCUT2D eigenvalue weighted by molar-refractivity contribution is -0.140. The number of ether oxygens (including phenoxy) is 2. The average Bonchev–Trinajstić information content (AvgIpc) is 3.09. The Morgan fingerprint density at radius 2 is 2.26 bits per heavy atom. The third-order valence-corrected chi connectivity index (χ3v) is 4.73. The molecule has 0 radical (unpaired) electrons. The quantitative estimate of drug-likeness (QED) is 0.923. The molecule has 1 saturated carbocycles. The van der Waals surface area contributed by atoms with Crippen molar-refractivity contribution in [3.05, 3.63) is 28.2 Å². The smallest absolute Gasteiger partial charge is 0.306 e. The third-order valence-electron chi connectivity index (χ3n) is 4.23. The van der Waals surface area contributed by atoms with Gasteiger partial charge in [0.2, 0.25) is 0 Å². The van der Waals surface area contributed by atoms with Crippen molar-refractivity contribution in [2.24, 2.45) is 11.8 Å². The highest BCUT2D eigenvalue weighted by Crippen LogP contribution is 2.57. The Morgan fingerprint density at radius 3 is 2.74 bits per heavy atom. The molecule has 0 aromatic heterocycles. The van der Waals surface area contributed by atoms with E-state index in [1.165, 1.54) is 0 Å². The third kappa shape index (κ3) is 1.96. The number of rotatable bonds is 4. The molecule has 1 aromatic rings. The maximum Gasteiger partial charge on any atom is 0.306 e. The Bertz CT molecular complexity index is 524. The summed E-state index contributed by atoms with van der Waals surface area (Å²) in [6, 6.07) is 5.87. The van der Waals surface area contributed by atoms with E-state index in [0.29, 0.717) is 13.2 Å². The minimum atomic E-state index is -0.703. The van der Waals surface area contributed by atoms with Crippen LogP contribution in [0.5, 0.6) is 5.75 Å². The molecule has 5 heteroatoms. The van der Waals surface area contributed by atoms with Gasteiger partial charge in [-0.3, -0.25) is 4.79 Å². The second-order valence-electron chi connectivity index (χ2n) is 5.28. The predicted octanol–water partition coefficient (Wildman–Crippen LogP) is 2.45. The fourth-order valence-electron chi connectivity index (χ4n) is 3.04. The summed E-state index contributed by atoms with van der Waals surface area (Å²) >= 11 is 3.47. The predicted molar refractivity (Wildman–Crippen MR) is 72.4 cm³/mol. The lowest BCUT2D eigenvalue weighted by atomic mass is 9.73. The van der Waals surface area contributed by atoms with E-state index in [-0.39, 0.29) is 17.3 Å². The highest BCUT2D eigenvalue weighted by Gasteiger charge is 2.61. The zero-order chi connectivity index (χ0) is 13.6. The van der Waals surface area contributed by atoms with E-state index in [9.17, 15) is 4.79 Å². The molecule has 1 heterocycles. The molecule has 1 saturated heterocycles. The molecule has 102 valence electrons. The summed E-state index contributed by atoms with van der Waals surface area (Å²) in [6.45, 7) is 1.16. The number of benzene rings is 1. The van der Waals surface area contributed by atoms with Crippen LogP contribution in [0.25, 0.3) is 0 Å². The van der Waals surface area contributed by atoms with Gasteiger partial charge in [0.1, 0.15) is 5.75 Å². The van der Waals surface area contributed by atoms with Crippen LogP contribution in [0.15, 0.2) is 22.7 Å². The van der Waals surface area contributed by atoms with E-state index in [4.69, 9.17) is 14.6 Å². The van der Waals surface area contributed by atoms with Crippen LogP contribution >= 0.6 is 15.9 Å². The van der Waals surface area contributed by atoms with E-state index in [1.807, 2.05) is 18.2 Å². The van der Waals surface area contributed by atoms with Gasteiger partial charge in [0.05, 0.1) is 26.2 Å². The SMILES string of the molecule is COc1ccc(Br)cc1C1(C2CC2C(=O)O)COC1. The summed E-state index contributed by atoms with van der Waals surface area (Å²) in [5.41, 5.74) is 0.863. The molecule has 1 N–H and O–H groups in total. The van der Waals surface area contributed by atoms with Crippen LogP contribution in [0.2, 0.25) is 0 Å². The van der Waals surface area contributed by atoms with Crippen LogP contribution in [0.1, 0.15) is 12.0 Å². The minimum Gasteiger partial charge on any atom is -0.496 e. The zero-order valence-corrected chi connectivity index (χ0v) is 12.1. The summed E-state index contributed by atoms with van der Waals surface area (Å²) < 4.78 is 11.8. The van der Waals surface area contributed by atoms with E-state index < -0.39 is 5.97 Å². The molecule has 2 fully saturated rings. The molecule has 2 atom stereocenters. The molecule has 3 rings (SSSR count). The van der Waals surface area contributed by atoms with Gasteiger partial charge in [-0.15, -0.1) is 0 Å². The van der Waals surface area contributed by atoms with Crippen LogP contribution in [0.4, 0.5) is 0 Å². The van der Waals surface area contributed by atoms with Crippen LogP contribution in [-0.2, 0) is 14.9 Å². The van der Waals surface area contributed by atoms with Crippen molar-refractivity contribution < 1.29 is 19.4 Å². The second kappa shape index (κ2) is 4.49. The number of methoxy groups -OCH3 is 1. The Morgan fingerprint density at radius 1 is 1.53 bits per heavy atom. The van der Waals surface area contributed by atoms with Gasteiger partial charge >= 0.3 is 5.97 Å². The first kappa shape index (κ1) is 12.9. The number of hydrogen-bond donors (Lipinski definition) is 1. The fraction of sp³-hybridized carbons (Fsp3) is 0.500. The molecule has 0 spiro atoms. The standard InChI is InChI=1S/C14H15BrO4/c1-18-12-3-2-8(15)4-11(12)14(6-19-7-14)10-5-9(10)13(16)17/h2-4,9-10H,5-7H2,1H3,(H,16,17). The first-order valence-electron chi connectivity index (χ1n) is 6.23. The van der Waals surface area contributed by atoms with Gasteiger partial charge in [-0.2, -0.15) is 0 Å². The van der Waals surface area contributed by atoms with E-state index in [1.54, 1.807) is 7.11 Å². The van der Waals surface area contributed by atoms with Gasteiger partial charge in [0.25, 0.3) is 0 Å². The maximum absolute atomic E-state index is 11.1. The fourth-order valence-corrected chi connectivity index (χ4v) is 3.40. The number of halogens is 1. The molecule has 1 aromatic carbocycles. The van der Waals surface area contributed by atoms with Gasteiger partial charge < -0.3 is 14.6 Å². The second-order valence-corrected chi connectivity index (χ2v) is 6.20. The number of aliphatic carboxylic acids is 1. The van der Waals surface area contributed by atoms with Crippen LogP contribution in [0.3, 0.4) is 0 Å². The van der Waals surface area contributed by atoms with Crippen LogP contribution in [-0.4, -0.2) is 31.4 Å². The van der Waals surface area contributed by atoms with Crippen molar-refractivity contribution in [1.29, 1.82) is 0 Å². The highest BCUT2D eigenvalue weighted by atomic mass is 79.9.